The van der Waals surface area contributed by atoms with Crippen LogP contribution in [0, 0.1) is 5.92 Å². The van der Waals surface area contributed by atoms with Crippen molar-refractivity contribution in [3.63, 3.8) is 0 Å². The van der Waals surface area contributed by atoms with Crippen molar-refractivity contribution in [2.24, 2.45) is 5.92 Å². The Labute approximate surface area is 158 Å². The molecule has 0 spiro atoms. The van der Waals surface area contributed by atoms with E-state index in [1.54, 1.807) is 4.90 Å². The van der Waals surface area contributed by atoms with Crippen molar-refractivity contribution < 1.29 is 18.0 Å². The molecule has 1 saturated carbocycles. The largest absolute Gasteiger partial charge is 0.353 e. The Balaban J connectivity index is 1.66. The van der Waals surface area contributed by atoms with E-state index in [2.05, 4.69) is 10.0 Å². The summed E-state index contributed by atoms with van der Waals surface area (Å²) in [6.45, 7) is 0.988. The van der Waals surface area contributed by atoms with Gasteiger partial charge >= 0.3 is 0 Å². The number of hydrogen-bond acceptors (Lipinski definition) is 4. The van der Waals surface area contributed by atoms with E-state index in [0.717, 1.165) is 12.8 Å². The summed E-state index contributed by atoms with van der Waals surface area (Å²) in [6, 6.07) is 4.17. The molecule has 1 aromatic rings. The number of carbonyl (C=O) groups excluding carboxylic acids is 2. The lowest BCUT2D eigenvalue weighted by atomic mass is 10.0. The summed E-state index contributed by atoms with van der Waals surface area (Å²) in [4.78, 5) is 26.3. The van der Waals surface area contributed by atoms with Gasteiger partial charge in [-0.25, -0.2) is 13.1 Å². The van der Waals surface area contributed by atoms with Gasteiger partial charge in [0.25, 0.3) is 5.91 Å². The van der Waals surface area contributed by atoms with Crippen molar-refractivity contribution in [2.75, 3.05) is 20.1 Å². The predicted octanol–water partition coefficient (Wildman–Crippen LogP) is 1.38. The summed E-state index contributed by atoms with van der Waals surface area (Å²) in [7, 11) is -2.34. The first-order chi connectivity index (χ1) is 12.3. The third-order valence-electron chi connectivity index (χ3n) is 4.82. The van der Waals surface area contributed by atoms with Crippen LogP contribution in [0.4, 0.5) is 0 Å². The number of hydrogen-bond donors (Lipinski definition) is 2. The van der Waals surface area contributed by atoms with Gasteiger partial charge in [-0.15, -0.1) is 0 Å². The predicted molar refractivity (Wildman–Crippen MR) is 97.5 cm³/mol. The zero-order valence-corrected chi connectivity index (χ0v) is 16.1. The number of rotatable bonds is 5. The Bertz CT molecular complexity index is 815. The molecule has 26 heavy (non-hydrogen) atoms. The van der Waals surface area contributed by atoms with Crippen molar-refractivity contribution in [2.45, 2.75) is 36.6 Å². The Morgan fingerprint density at radius 2 is 1.81 bits per heavy atom. The summed E-state index contributed by atoms with van der Waals surface area (Å²) in [6.07, 6.45) is 3.29. The van der Waals surface area contributed by atoms with Crippen molar-refractivity contribution in [1.82, 2.24) is 14.9 Å². The van der Waals surface area contributed by atoms with E-state index in [9.17, 15) is 18.0 Å². The topological polar surface area (TPSA) is 95.6 Å². The third-order valence-corrected chi connectivity index (χ3v) is 6.57. The molecule has 9 heteroatoms. The molecule has 0 radical (unpaired) electrons. The van der Waals surface area contributed by atoms with Gasteiger partial charge in [-0.3, -0.25) is 9.59 Å². The zero-order chi connectivity index (χ0) is 18.9. The first kappa shape index (κ1) is 19.1. The Morgan fingerprint density at radius 1 is 1.15 bits per heavy atom. The minimum atomic E-state index is -3.65. The number of piperidine rings is 1. The lowest BCUT2D eigenvalue weighted by Gasteiger charge is -2.32. The fourth-order valence-electron chi connectivity index (χ4n) is 3.02. The lowest BCUT2D eigenvalue weighted by Crippen LogP contribution is -2.47. The van der Waals surface area contributed by atoms with Crippen LogP contribution in [-0.4, -0.2) is 51.3 Å². The molecular formula is C17H22ClN3O4S. The van der Waals surface area contributed by atoms with Crippen molar-refractivity contribution in [3.8, 4) is 0 Å². The Morgan fingerprint density at radius 3 is 2.38 bits per heavy atom. The van der Waals surface area contributed by atoms with Crippen LogP contribution in [-0.2, 0) is 14.8 Å². The number of carbonyl (C=O) groups is 2. The van der Waals surface area contributed by atoms with Gasteiger partial charge in [-0.1, -0.05) is 11.6 Å². The smallest absolute Gasteiger partial charge is 0.255 e. The zero-order valence-electron chi connectivity index (χ0n) is 14.5. The normalized spacial score (nSPS) is 18.6. The molecule has 0 aromatic heterocycles. The molecule has 0 atom stereocenters. The molecule has 2 aliphatic rings. The molecule has 1 aromatic carbocycles. The highest BCUT2D eigenvalue weighted by atomic mass is 35.5. The number of benzene rings is 1. The second-order valence-electron chi connectivity index (χ2n) is 6.70. The summed E-state index contributed by atoms with van der Waals surface area (Å²) in [5, 5.41) is 3.25. The molecular weight excluding hydrogens is 378 g/mol. The average Bonchev–Trinajstić information content (AvgIpc) is 3.47. The van der Waals surface area contributed by atoms with Gasteiger partial charge in [-0.05, 0) is 50.9 Å². The highest BCUT2D eigenvalue weighted by Crippen LogP contribution is 2.29. The molecule has 2 N–H and O–H groups in total. The number of sulfonamides is 1. The van der Waals surface area contributed by atoms with E-state index in [1.807, 2.05) is 0 Å². The van der Waals surface area contributed by atoms with Gasteiger partial charge in [-0.2, -0.15) is 0 Å². The number of likely N-dealkylation sites (tertiary alicyclic amines) is 1. The van der Waals surface area contributed by atoms with Gasteiger partial charge in [0.2, 0.25) is 15.9 Å². The molecule has 0 bridgehead atoms. The molecule has 7 nitrogen and oxygen atoms in total. The minimum Gasteiger partial charge on any atom is -0.353 e. The van der Waals surface area contributed by atoms with E-state index in [-0.39, 0.29) is 39.3 Å². The second kappa shape index (κ2) is 7.54. The van der Waals surface area contributed by atoms with Gasteiger partial charge in [0, 0.05) is 25.0 Å². The van der Waals surface area contributed by atoms with Gasteiger partial charge in [0.05, 0.1) is 15.5 Å². The quantitative estimate of drug-likeness (QED) is 0.781. The minimum absolute atomic E-state index is 0.000618. The fourth-order valence-corrected chi connectivity index (χ4v) is 3.97. The van der Waals surface area contributed by atoms with Gasteiger partial charge < -0.3 is 10.2 Å². The van der Waals surface area contributed by atoms with Crippen molar-refractivity contribution in [1.29, 1.82) is 0 Å². The number of nitrogens with zero attached hydrogens (tertiary/aromatic N) is 1. The summed E-state index contributed by atoms with van der Waals surface area (Å²) < 4.78 is 26.1. The summed E-state index contributed by atoms with van der Waals surface area (Å²) >= 11 is 6.12. The molecule has 2 amide bonds. The van der Waals surface area contributed by atoms with E-state index in [4.69, 9.17) is 11.6 Å². The molecule has 1 heterocycles. The molecule has 1 saturated heterocycles. The molecule has 0 unspecified atom stereocenters. The Kier molecular flexibility index (Phi) is 5.55. The van der Waals surface area contributed by atoms with Crippen LogP contribution in [0.5, 0.6) is 0 Å². The van der Waals surface area contributed by atoms with Crippen LogP contribution in [0.15, 0.2) is 23.1 Å². The lowest BCUT2D eigenvalue weighted by molar-refractivity contribution is -0.123. The fraction of sp³-hybridized carbons (Fsp3) is 0.529. The van der Waals surface area contributed by atoms with E-state index >= 15 is 0 Å². The standard InChI is InChI=1S/C17H22ClN3O4S/c1-19-26(24,25)13-4-5-15(18)14(10-13)17(23)21-8-6-12(7-9-21)20-16(22)11-2-3-11/h4-5,10-12,19H,2-3,6-9H2,1H3,(H,20,22). The highest BCUT2D eigenvalue weighted by Gasteiger charge is 2.32. The van der Waals surface area contributed by atoms with Crippen LogP contribution in [0.3, 0.4) is 0 Å². The first-order valence-electron chi connectivity index (χ1n) is 8.64. The number of halogens is 1. The Hall–Kier alpha value is -1.64. The number of amides is 2. The molecule has 1 aliphatic carbocycles. The van der Waals surface area contributed by atoms with Crippen LogP contribution in [0.25, 0.3) is 0 Å². The first-order valence-corrected chi connectivity index (χ1v) is 10.5. The van der Waals surface area contributed by atoms with Gasteiger partial charge in [0.1, 0.15) is 0 Å². The van der Waals surface area contributed by atoms with Crippen molar-refractivity contribution >= 4 is 33.4 Å². The maximum atomic E-state index is 12.8. The number of nitrogens with one attached hydrogen (secondary N) is 2. The maximum Gasteiger partial charge on any atom is 0.255 e. The summed E-state index contributed by atoms with van der Waals surface area (Å²) in [5.74, 6) is -0.0109. The SMILES string of the molecule is CNS(=O)(=O)c1ccc(Cl)c(C(=O)N2CCC(NC(=O)C3CC3)CC2)c1. The van der Waals surface area contributed by atoms with Crippen LogP contribution < -0.4 is 10.0 Å². The van der Waals surface area contributed by atoms with Crippen LogP contribution >= 0.6 is 11.6 Å². The molecule has 3 rings (SSSR count). The summed E-state index contributed by atoms with van der Waals surface area (Å²) in [5.41, 5.74) is 0.170. The molecule has 2 fully saturated rings. The van der Waals surface area contributed by atoms with E-state index in [1.165, 1.54) is 25.2 Å². The third kappa shape index (κ3) is 4.19. The second-order valence-corrected chi connectivity index (χ2v) is 8.99. The van der Waals surface area contributed by atoms with E-state index in [0.29, 0.717) is 25.9 Å². The molecule has 1 aliphatic heterocycles. The average molecular weight is 400 g/mol. The van der Waals surface area contributed by atoms with Crippen LogP contribution in [0.1, 0.15) is 36.0 Å². The highest BCUT2D eigenvalue weighted by molar-refractivity contribution is 7.89. The van der Waals surface area contributed by atoms with E-state index < -0.39 is 10.0 Å². The van der Waals surface area contributed by atoms with Crippen LogP contribution in [0.2, 0.25) is 5.02 Å². The maximum absolute atomic E-state index is 12.8. The van der Waals surface area contributed by atoms with Crippen molar-refractivity contribution in [3.05, 3.63) is 28.8 Å². The van der Waals surface area contributed by atoms with Gasteiger partial charge in [0.15, 0.2) is 0 Å². The monoisotopic (exact) mass is 399 g/mol. The molecule has 142 valence electrons.